The van der Waals surface area contributed by atoms with E-state index >= 15 is 0 Å². The summed E-state index contributed by atoms with van der Waals surface area (Å²) in [6.07, 6.45) is -0.0749. The van der Waals surface area contributed by atoms with Crippen molar-refractivity contribution in [2.45, 2.75) is 44.4 Å². The minimum atomic E-state index is -4.53. The predicted molar refractivity (Wildman–Crippen MR) is 71.2 cm³/mol. The van der Waals surface area contributed by atoms with E-state index < -0.39 is 28.1 Å². The molecule has 8 heteroatoms. The second-order valence-electron chi connectivity index (χ2n) is 4.65. The van der Waals surface area contributed by atoms with Crippen LogP contribution >= 0.6 is 0 Å². The Morgan fingerprint density at radius 2 is 2.16 bits per heavy atom. The van der Waals surface area contributed by atoms with E-state index in [1.165, 1.54) is 13.0 Å². The first kappa shape index (κ1) is 16.1. The van der Waals surface area contributed by atoms with Gasteiger partial charge in [0.15, 0.2) is 0 Å². The molecule has 1 rings (SSSR count). The van der Waals surface area contributed by atoms with Gasteiger partial charge < -0.3 is 10.2 Å². The van der Waals surface area contributed by atoms with Crippen molar-refractivity contribution in [1.29, 1.82) is 0 Å². The van der Waals surface area contributed by atoms with Crippen LogP contribution in [0.25, 0.3) is 0 Å². The van der Waals surface area contributed by atoms with Crippen molar-refractivity contribution in [2.75, 3.05) is 6.54 Å². The van der Waals surface area contributed by atoms with Crippen LogP contribution in [0.2, 0.25) is 0 Å². The van der Waals surface area contributed by atoms with Crippen LogP contribution in [0.1, 0.15) is 26.7 Å². The maximum atomic E-state index is 11.4. The Morgan fingerprint density at radius 3 is 2.53 bits per heavy atom. The molecule has 7 nitrogen and oxygen atoms in total. The smallest absolute Gasteiger partial charge is 0.361 e. The molecule has 0 amide bonds. The van der Waals surface area contributed by atoms with Crippen LogP contribution < -0.4 is 0 Å². The molecule has 0 aromatic carbocycles. The molecule has 3 unspecified atom stereocenters. The molecule has 0 radical (unpaired) electrons. The minimum absolute atomic E-state index is 0.146. The highest BCUT2D eigenvalue weighted by molar-refractivity contribution is 7.84. The van der Waals surface area contributed by atoms with Crippen LogP contribution in [0, 0.1) is 0 Å². The molecule has 1 aliphatic rings. The monoisotopic (exact) mass is 292 g/mol. The first-order valence-electron chi connectivity index (χ1n) is 6.00. The average Bonchev–Trinajstić information content (AvgIpc) is 2.69. The van der Waals surface area contributed by atoms with Gasteiger partial charge in [0.2, 0.25) is 0 Å². The maximum Gasteiger partial charge on any atom is 0.361 e. The fraction of sp³-hybridized carbons (Fsp3) is 0.727. The largest absolute Gasteiger partial charge is 0.391 e. The summed E-state index contributed by atoms with van der Waals surface area (Å²) in [5.41, 5.74) is -1.12. The lowest BCUT2D eigenvalue weighted by Gasteiger charge is -2.28. The molecule has 110 valence electrons. The second-order valence-corrected chi connectivity index (χ2v) is 5.99. The molecule has 0 fully saturated rings. The first-order valence-corrected chi connectivity index (χ1v) is 7.39. The lowest BCUT2D eigenvalue weighted by Crippen LogP contribution is -2.46. The summed E-state index contributed by atoms with van der Waals surface area (Å²) >= 11 is 0. The Hall–Kier alpha value is -0.960. The first-order chi connectivity index (χ1) is 8.68. The number of rotatable bonds is 6. The molecular weight excluding hydrogens is 272 g/mol. The van der Waals surface area contributed by atoms with Gasteiger partial charge in [-0.1, -0.05) is 13.0 Å². The van der Waals surface area contributed by atoms with E-state index in [4.69, 9.17) is 0 Å². The number of hydrogen-bond donors (Lipinski definition) is 3. The highest BCUT2D eigenvalue weighted by Gasteiger charge is 2.47. The molecule has 3 atom stereocenters. The quantitative estimate of drug-likeness (QED) is 0.470. The lowest BCUT2D eigenvalue weighted by atomic mass is 9.91. The van der Waals surface area contributed by atoms with Crippen molar-refractivity contribution in [3.63, 3.8) is 0 Å². The number of aliphatic imine (C=N–C) groups is 1. The molecule has 1 aliphatic heterocycles. The molecule has 0 aliphatic carbocycles. The van der Waals surface area contributed by atoms with Crippen molar-refractivity contribution >= 4 is 16.1 Å². The van der Waals surface area contributed by atoms with Crippen LogP contribution in [0.4, 0.5) is 0 Å². The molecular formula is C11H20N2O5S. The zero-order valence-corrected chi connectivity index (χ0v) is 11.8. The summed E-state index contributed by atoms with van der Waals surface area (Å²) < 4.78 is 32.6. The van der Waals surface area contributed by atoms with Crippen LogP contribution in [-0.2, 0) is 10.3 Å². The molecule has 0 saturated heterocycles. The van der Waals surface area contributed by atoms with Gasteiger partial charge in [-0.25, -0.2) is 4.31 Å². The average molecular weight is 292 g/mol. The van der Waals surface area contributed by atoms with Gasteiger partial charge in [-0.2, -0.15) is 8.42 Å². The Bertz CT molecular complexity index is 473. The molecule has 0 aromatic heterocycles. The van der Waals surface area contributed by atoms with Crippen LogP contribution in [0.3, 0.4) is 0 Å². The molecule has 0 aromatic rings. The molecule has 19 heavy (non-hydrogen) atoms. The molecule has 0 saturated carbocycles. The highest BCUT2D eigenvalue weighted by atomic mass is 32.2. The number of hydrogen-bond acceptors (Lipinski definition) is 5. The maximum absolute atomic E-state index is 11.4. The van der Waals surface area contributed by atoms with Crippen LogP contribution in [0.15, 0.2) is 17.6 Å². The van der Waals surface area contributed by atoms with Crippen molar-refractivity contribution in [3.8, 4) is 0 Å². The fourth-order valence-electron chi connectivity index (χ4n) is 2.03. The highest BCUT2D eigenvalue weighted by Crippen LogP contribution is 2.31. The van der Waals surface area contributed by atoms with E-state index in [2.05, 4.69) is 11.6 Å². The summed E-state index contributed by atoms with van der Waals surface area (Å²) in [5, 5.41) is 19.7. The topological polar surface area (TPSA) is 110 Å². The van der Waals surface area contributed by atoms with E-state index in [0.29, 0.717) is 4.31 Å². The number of aliphatic hydroxyl groups excluding tert-OH is 2. The van der Waals surface area contributed by atoms with E-state index in [1.807, 2.05) is 0 Å². The van der Waals surface area contributed by atoms with E-state index in [1.54, 1.807) is 6.92 Å². The van der Waals surface area contributed by atoms with Crippen LogP contribution in [0.5, 0.6) is 0 Å². The molecule has 1 heterocycles. The summed E-state index contributed by atoms with van der Waals surface area (Å²) in [4.78, 5) is 4.16. The van der Waals surface area contributed by atoms with Gasteiger partial charge in [0.05, 0.1) is 12.6 Å². The van der Waals surface area contributed by atoms with Gasteiger partial charge in [-0.15, -0.1) is 6.58 Å². The minimum Gasteiger partial charge on any atom is -0.391 e. The Morgan fingerprint density at radius 1 is 1.58 bits per heavy atom. The second kappa shape index (κ2) is 5.58. The third-order valence-corrected chi connectivity index (χ3v) is 4.12. The van der Waals surface area contributed by atoms with Crippen molar-refractivity contribution in [3.05, 3.63) is 12.7 Å². The summed E-state index contributed by atoms with van der Waals surface area (Å²) in [6, 6.07) is 0. The number of nitrogens with zero attached hydrogens (tertiary/aromatic N) is 2. The van der Waals surface area contributed by atoms with E-state index in [-0.39, 0.29) is 25.2 Å². The lowest BCUT2D eigenvalue weighted by molar-refractivity contribution is 0.104. The number of amidine groups is 1. The predicted octanol–water partition coefficient (Wildman–Crippen LogP) is -0.0301. The third-order valence-electron chi connectivity index (χ3n) is 3.25. The summed E-state index contributed by atoms with van der Waals surface area (Å²) in [5.74, 6) is -0.146. The summed E-state index contributed by atoms with van der Waals surface area (Å²) in [7, 11) is -4.53. The zero-order valence-electron chi connectivity index (χ0n) is 11.0. The standard InChI is InChI=1S/C11H20N2O5S/c1-4-6-11(8(3)14)7-13(19(16,17)18)10(12-11)9(15)5-2/h4,8-9,14-15H,1,5-7H2,2-3H3,(H,16,17,18). The van der Waals surface area contributed by atoms with Crippen molar-refractivity contribution < 1.29 is 23.2 Å². The van der Waals surface area contributed by atoms with Crippen molar-refractivity contribution in [2.24, 2.45) is 4.99 Å². The van der Waals surface area contributed by atoms with Gasteiger partial charge in [0, 0.05) is 0 Å². The normalized spacial score (nSPS) is 27.0. The van der Waals surface area contributed by atoms with Gasteiger partial charge in [0.25, 0.3) is 0 Å². The Balaban J connectivity index is 3.28. The molecule has 0 spiro atoms. The van der Waals surface area contributed by atoms with Crippen LogP contribution in [-0.4, -0.2) is 57.6 Å². The SMILES string of the molecule is C=CCC1(C(C)O)CN(S(=O)(=O)O)C(C(O)CC)=N1. The third kappa shape index (κ3) is 3.14. The number of aliphatic hydroxyl groups is 2. The van der Waals surface area contributed by atoms with Gasteiger partial charge in [-0.3, -0.25) is 9.55 Å². The Kier molecular flexibility index (Phi) is 4.72. The fourth-order valence-corrected chi connectivity index (χ4v) is 2.81. The Labute approximate surface area is 113 Å². The zero-order chi connectivity index (χ0) is 14.8. The summed E-state index contributed by atoms with van der Waals surface area (Å²) in [6.45, 7) is 6.48. The van der Waals surface area contributed by atoms with Crippen molar-refractivity contribution in [1.82, 2.24) is 4.31 Å². The molecule has 3 N–H and O–H groups in total. The van der Waals surface area contributed by atoms with Gasteiger partial charge in [-0.05, 0) is 19.8 Å². The van der Waals surface area contributed by atoms with Gasteiger partial charge in [0.1, 0.15) is 17.5 Å². The van der Waals surface area contributed by atoms with Gasteiger partial charge >= 0.3 is 10.3 Å². The van der Waals surface area contributed by atoms with E-state index in [0.717, 1.165) is 0 Å². The molecule has 0 bridgehead atoms. The van der Waals surface area contributed by atoms with E-state index in [9.17, 15) is 23.2 Å².